The third-order valence-corrected chi connectivity index (χ3v) is 0.797. The summed E-state index contributed by atoms with van der Waals surface area (Å²) in [4.78, 5) is 13.4. The molecule has 0 aromatic carbocycles. The van der Waals surface area contributed by atoms with Crippen LogP contribution in [0.1, 0.15) is 6.92 Å². The van der Waals surface area contributed by atoms with Crippen LogP contribution in [-0.2, 0) is 9.53 Å². The van der Waals surface area contributed by atoms with Crippen molar-refractivity contribution in [1.82, 2.24) is 0 Å². The topological polar surface area (TPSA) is 63.4 Å². The van der Waals surface area contributed by atoms with E-state index >= 15 is 0 Å². The lowest BCUT2D eigenvalue weighted by atomic mass is 10.8. The molecule has 0 amide bonds. The predicted molar refractivity (Wildman–Crippen MR) is 33.1 cm³/mol. The Bertz CT molecular complexity index is 237. The van der Waals surface area contributed by atoms with Gasteiger partial charge in [0.1, 0.15) is 0 Å². The second-order valence-electron chi connectivity index (χ2n) is 1.45. The van der Waals surface area contributed by atoms with Crippen molar-refractivity contribution in [3.05, 3.63) is 5.82 Å². The minimum Gasteiger partial charge on any atom is -0.463 e. The zero-order chi connectivity index (χ0) is 7.40. The molecular weight excluding hydrogens is 134 g/mol. The normalized spacial score (nSPS) is 14.9. The number of nitrogens with zero attached hydrogens (tertiary/aromatic N) is 3. The van der Waals surface area contributed by atoms with Crippen molar-refractivity contribution in [3.63, 3.8) is 0 Å². The molecule has 0 aromatic rings. The maximum absolute atomic E-state index is 9.88. The minimum atomic E-state index is -0.0662. The molecule has 10 heavy (non-hydrogen) atoms. The first-order valence-corrected chi connectivity index (χ1v) is 2.75. The second kappa shape index (κ2) is 2.89. The molecule has 1 aliphatic rings. The lowest BCUT2D eigenvalue weighted by molar-refractivity contribution is 0.322. The summed E-state index contributed by atoms with van der Waals surface area (Å²) in [5.74, 6) is 1.42. The number of azo groups is 1. The summed E-state index contributed by atoms with van der Waals surface area (Å²) in [5.41, 5.74) is 0. The lowest BCUT2D eigenvalue weighted by Crippen LogP contribution is -1.96. The van der Waals surface area contributed by atoms with Gasteiger partial charge in [0.2, 0.25) is 0 Å². The zero-order valence-electron chi connectivity index (χ0n) is 5.37. The van der Waals surface area contributed by atoms with Gasteiger partial charge in [-0.1, -0.05) is 5.11 Å². The van der Waals surface area contributed by atoms with Crippen LogP contribution < -0.4 is 0 Å². The van der Waals surface area contributed by atoms with Crippen LogP contribution in [0.15, 0.2) is 21.0 Å². The van der Waals surface area contributed by atoms with Crippen LogP contribution in [0.2, 0.25) is 0 Å². The largest absolute Gasteiger partial charge is 0.463 e. The van der Waals surface area contributed by atoms with Gasteiger partial charge in [-0.3, -0.25) is 0 Å². The summed E-state index contributed by atoms with van der Waals surface area (Å²) < 4.78 is 4.82. The molecular formula is C5H5N3O2. The third kappa shape index (κ3) is 1.27. The second-order valence-corrected chi connectivity index (χ2v) is 1.45. The number of ether oxygens (including phenoxy) is 1. The van der Waals surface area contributed by atoms with Crippen LogP contribution in [-0.4, -0.2) is 18.6 Å². The van der Waals surface area contributed by atoms with Gasteiger partial charge < -0.3 is 4.74 Å². The minimum absolute atomic E-state index is 0.0662. The molecule has 1 heterocycles. The Labute approximate surface area is 57.1 Å². The van der Waals surface area contributed by atoms with Gasteiger partial charge in [0, 0.05) is 0 Å². The van der Waals surface area contributed by atoms with E-state index in [1.54, 1.807) is 6.92 Å². The number of hydrogen-bond donors (Lipinski definition) is 0. The van der Waals surface area contributed by atoms with Gasteiger partial charge in [-0.25, -0.2) is 4.79 Å². The average Bonchev–Trinajstić information content (AvgIpc) is 2.37. The molecule has 0 saturated carbocycles. The van der Waals surface area contributed by atoms with E-state index in [4.69, 9.17) is 4.74 Å². The van der Waals surface area contributed by atoms with Crippen molar-refractivity contribution in [2.45, 2.75) is 6.92 Å². The molecule has 0 saturated heterocycles. The van der Waals surface area contributed by atoms with E-state index in [0.717, 1.165) is 0 Å². The van der Waals surface area contributed by atoms with Gasteiger partial charge in [-0.15, -0.1) is 5.11 Å². The van der Waals surface area contributed by atoms with Gasteiger partial charge in [-0.05, 0) is 6.92 Å². The Morgan fingerprint density at radius 2 is 2.40 bits per heavy atom. The van der Waals surface area contributed by atoms with E-state index in [9.17, 15) is 4.79 Å². The number of amidine groups is 1. The molecule has 0 bridgehead atoms. The summed E-state index contributed by atoms with van der Waals surface area (Å²) in [6, 6.07) is 0.126. The van der Waals surface area contributed by atoms with Crippen LogP contribution in [0.4, 0.5) is 0 Å². The Morgan fingerprint density at radius 1 is 1.60 bits per heavy atom. The molecule has 0 fully saturated rings. The molecule has 0 aliphatic carbocycles. The quantitative estimate of drug-likeness (QED) is 0.497. The number of rotatable bonds is 1. The van der Waals surface area contributed by atoms with E-state index in [2.05, 4.69) is 15.2 Å². The van der Waals surface area contributed by atoms with E-state index in [-0.39, 0.29) is 11.8 Å². The van der Waals surface area contributed by atoms with Gasteiger partial charge in [-0.2, -0.15) is 4.99 Å². The first-order valence-electron chi connectivity index (χ1n) is 2.75. The van der Waals surface area contributed by atoms with Gasteiger partial charge >= 0.3 is 6.02 Å². The molecule has 1 aliphatic heterocycles. The monoisotopic (exact) mass is 139 g/mol. The molecule has 0 N–H and O–H groups in total. The fraction of sp³-hybridized carbons (Fsp3) is 0.400. The van der Waals surface area contributed by atoms with Crippen LogP contribution in [0.3, 0.4) is 0 Å². The fourth-order valence-electron chi connectivity index (χ4n) is 0.459. The Kier molecular flexibility index (Phi) is 1.92. The SMILES string of the molecule is CCOC1=NC(=C=O)N=N1. The van der Waals surface area contributed by atoms with E-state index in [1.807, 2.05) is 0 Å². The number of hydrogen-bond acceptors (Lipinski definition) is 5. The molecule has 1 rings (SSSR count). The highest BCUT2D eigenvalue weighted by atomic mass is 16.5. The zero-order valence-corrected chi connectivity index (χ0v) is 5.37. The first-order chi connectivity index (χ1) is 4.86. The highest BCUT2D eigenvalue weighted by molar-refractivity contribution is 5.78. The summed E-state index contributed by atoms with van der Waals surface area (Å²) in [6.07, 6.45) is 0. The first kappa shape index (κ1) is 6.64. The molecule has 0 atom stereocenters. The van der Waals surface area contributed by atoms with Crippen LogP contribution in [0.25, 0.3) is 0 Å². The Balaban J connectivity index is 2.68. The van der Waals surface area contributed by atoms with Crippen LogP contribution in [0, 0.1) is 0 Å². The molecule has 5 heteroatoms. The summed E-state index contributed by atoms with van der Waals surface area (Å²) >= 11 is 0. The number of carbonyl (C=O) groups excluding carboxylic acids is 1. The maximum Gasteiger partial charge on any atom is 0.338 e. The molecule has 5 nitrogen and oxygen atoms in total. The van der Waals surface area contributed by atoms with Gasteiger partial charge in [0.15, 0.2) is 5.94 Å². The maximum atomic E-state index is 9.88. The third-order valence-electron chi connectivity index (χ3n) is 0.797. The van der Waals surface area contributed by atoms with Crippen molar-refractivity contribution in [3.8, 4) is 0 Å². The molecule has 0 radical (unpaired) electrons. The average molecular weight is 139 g/mol. The van der Waals surface area contributed by atoms with Gasteiger partial charge in [0.25, 0.3) is 5.82 Å². The Morgan fingerprint density at radius 3 is 2.90 bits per heavy atom. The van der Waals surface area contributed by atoms with E-state index in [1.165, 1.54) is 5.94 Å². The fourth-order valence-corrected chi connectivity index (χ4v) is 0.459. The predicted octanol–water partition coefficient (Wildman–Crippen LogP) is 0.518. The van der Waals surface area contributed by atoms with Crippen molar-refractivity contribution in [2.75, 3.05) is 6.61 Å². The van der Waals surface area contributed by atoms with Crippen molar-refractivity contribution >= 4 is 12.0 Å². The Hall–Kier alpha value is -1.48. The smallest absolute Gasteiger partial charge is 0.338 e. The highest BCUT2D eigenvalue weighted by Crippen LogP contribution is 2.05. The van der Waals surface area contributed by atoms with E-state index in [0.29, 0.717) is 6.61 Å². The van der Waals surface area contributed by atoms with E-state index < -0.39 is 0 Å². The standard InChI is InChI=1S/C5H5N3O2/c1-2-10-5-6-4(3-9)7-8-5/h2H2,1H3. The molecule has 0 aromatic heterocycles. The van der Waals surface area contributed by atoms with Crippen LogP contribution in [0.5, 0.6) is 0 Å². The summed E-state index contributed by atoms with van der Waals surface area (Å²) in [6.45, 7) is 2.25. The van der Waals surface area contributed by atoms with Crippen molar-refractivity contribution < 1.29 is 9.53 Å². The van der Waals surface area contributed by atoms with Crippen molar-refractivity contribution in [2.24, 2.45) is 15.2 Å². The molecule has 0 spiro atoms. The van der Waals surface area contributed by atoms with Crippen molar-refractivity contribution in [1.29, 1.82) is 0 Å². The highest BCUT2D eigenvalue weighted by Gasteiger charge is 2.07. The summed E-state index contributed by atoms with van der Waals surface area (Å²) in [7, 11) is 0. The van der Waals surface area contributed by atoms with Crippen LogP contribution >= 0.6 is 0 Å². The molecule has 52 valence electrons. The van der Waals surface area contributed by atoms with Gasteiger partial charge in [0.05, 0.1) is 6.61 Å². The lowest BCUT2D eigenvalue weighted by Gasteiger charge is -1.91. The number of aliphatic imine (C=N–C) groups is 1. The summed E-state index contributed by atoms with van der Waals surface area (Å²) in [5, 5.41) is 6.77. The molecule has 0 unspecified atom stereocenters.